The zero-order valence-corrected chi connectivity index (χ0v) is 14.5. The molecule has 0 bridgehead atoms. The average Bonchev–Trinajstić information content (AvgIpc) is 2.30. The highest BCUT2D eigenvalue weighted by atomic mass is 32.3. The first-order chi connectivity index (χ1) is 9.66. The Bertz CT molecular complexity index is 237. The van der Waals surface area contributed by atoms with E-state index in [4.69, 9.17) is 37.6 Å². The zero-order valence-electron chi connectivity index (χ0n) is 13.7. The van der Waals surface area contributed by atoms with Gasteiger partial charge in [-0.25, -0.2) is 0 Å². The summed E-state index contributed by atoms with van der Waals surface area (Å²) in [6.07, 6.45) is 3.42. The van der Waals surface area contributed by atoms with Crippen molar-refractivity contribution in [2.75, 3.05) is 33.0 Å². The van der Waals surface area contributed by atoms with Crippen LogP contribution in [0.2, 0.25) is 0 Å². The Morgan fingerprint density at radius 3 is 1.09 bits per heavy atom. The highest BCUT2D eigenvalue weighted by molar-refractivity contribution is 7.79. The first-order valence-corrected chi connectivity index (χ1v) is 7.38. The van der Waals surface area contributed by atoms with Gasteiger partial charge >= 0.3 is 10.4 Å². The summed E-state index contributed by atoms with van der Waals surface area (Å²) in [7, 11) is -4.67. The lowest BCUT2D eigenvalue weighted by Crippen LogP contribution is -1.89. The lowest BCUT2D eigenvalue weighted by atomic mass is 10.6. The molecule has 22 heavy (non-hydrogen) atoms. The van der Waals surface area contributed by atoms with Gasteiger partial charge in [-0.3, -0.25) is 9.11 Å². The maximum absolute atomic E-state index is 8.74. The number of hydrogen-bond acceptors (Lipinski definition) is 7. The third-order valence-electron chi connectivity index (χ3n) is 0.471. The van der Waals surface area contributed by atoms with E-state index < -0.39 is 10.4 Å². The third-order valence-corrected chi connectivity index (χ3v) is 0.471. The molecule has 10 heteroatoms. The second-order valence-electron chi connectivity index (χ2n) is 2.51. The van der Waals surface area contributed by atoms with E-state index in [0.717, 1.165) is 0 Å². The fraction of sp³-hybridized carbons (Fsp3) is 0.667. The van der Waals surface area contributed by atoms with Crippen LogP contribution in [0.3, 0.4) is 0 Å². The van der Waals surface area contributed by atoms with Crippen LogP contribution in [-0.4, -0.2) is 65.9 Å². The lowest BCUT2D eigenvalue weighted by Gasteiger charge is -1.89. The van der Waals surface area contributed by atoms with Gasteiger partial charge in [0.25, 0.3) is 0 Å². The summed E-state index contributed by atoms with van der Waals surface area (Å²) in [5, 5.41) is 22.7. The highest BCUT2D eigenvalue weighted by Crippen LogP contribution is 1.72. The van der Waals surface area contributed by atoms with E-state index in [1.54, 1.807) is 32.9 Å². The predicted molar refractivity (Wildman–Crippen MR) is 88.7 cm³/mol. The lowest BCUT2D eigenvalue weighted by molar-refractivity contribution is 0.194. The number of hydrogen-bond donors (Lipinski definition) is 6. The van der Waals surface area contributed by atoms with Gasteiger partial charge in [0.2, 0.25) is 0 Å². The molecule has 0 aliphatic carbocycles. The summed E-state index contributed by atoms with van der Waals surface area (Å²) in [5.74, 6) is 0. The Hall–Kier alpha value is -0.850. The van der Waals surface area contributed by atoms with E-state index in [-0.39, 0.29) is 26.0 Å². The number of ether oxygens (including phenoxy) is 1. The fourth-order valence-corrected chi connectivity index (χ4v) is 0.235. The summed E-state index contributed by atoms with van der Waals surface area (Å²) in [4.78, 5) is 0. The Balaban J connectivity index is -0.0000000380. The third kappa shape index (κ3) is 636. The second-order valence-corrected chi connectivity index (χ2v) is 3.41. The minimum atomic E-state index is -4.67. The van der Waals surface area contributed by atoms with Gasteiger partial charge in [-0.2, -0.15) is 8.42 Å². The van der Waals surface area contributed by atoms with Crippen molar-refractivity contribution in [1.29, 1.82) is 0 Å². The molecule has 0 aliphatic heterocycles. The van der Waals surface area contributed by atoms with Crippen LogP contribution in [0.5, 0.6) is 0 Å². The Labute approximate surface area is 134 Å². The van der Waals surface area contributed by atoms with Crippen LogP contribution in [-0.2, 0) is 15.1 Å². The van der Waals surface area contributed by atoms with E-state index in [2.05, 4.69) is 13.2 Å². The van der Waals surface area contributed by atoms with Gasteiger partial charge < -0.3 is 26.2 Å². The minimum absolute atomic E-state index is 0. The predicted octanol–water partition coefficient (Wildman–Crippen LogP) is 0.880. The zero-order chi connectivity index (χ0) is 18.2. The van der Waals surface area contributed by atoms with Gasteiger partial charge in [-0.05, 0) is 20.8 Å². The molecule has 0 aromatic rings. The van der Waals surface area contributed by atoms with Crippen molar-refractivity contribution >= 4 is 10.4 Å². The molecule has 0 spiro atoms. The molecule has 0 aliphatic rings. The molecular weight excluding hydrogens is 318 g/mol. The molecule has 0 radical (unpaired) electrons. The minimum Gasteiger partial charge on any atom is -0.397 e. The van der Waals surface area contributed by atoms with Crippen LogP contribution in [0.25, 0.3) is 0 Å². The van der Waals surface area contributed by atoms with Gasteiger partial charge in [0.1, 0.15) is 0 Å². The molecule has 140 valence electrons. The van der Waals surface area contributed by atoms with Crippen LogP contribution in [0.15, 0.2) is 25.3 Å². The monoisotopic (exact) mass is 351 g/mol. The molecule has 0 saturated carbocycles. The second kappa shape index (κ2) is 42.7. The Morgan fingerprint density at radius 1 is 0.864 bits per heavy atom. The summed E-state index contributed by atoms with van der Waals surface area (Å²) in [6, 6.07) is 0. The summed E-state index contributed by atoms with van der Waals surface area (Å²) >= 11 is 0. The maximum atomic E-state index is 8.74. The molecule has 0 heterocycles. The van der Waals surface area contributed by atoms with E-state index in [1.807, 2.05) is 0 Å². The quantitative estimate of drug-likeness (QED) is 0.243. The largest absolute Gasteiger partial charge is 0.397 e. The van der Waals surface area contributed by atoms with Crippen molar-refractivity contribution in [2.45, 2.75) is 20.8 Å². The first-order valence-electron chi connectivity index (χ1n) is 5.98. The molecule has 0 unspecified atom stereocenters. The molecule has 0 aromatic carbocycles. The van der Waals surface area contributed by atoms with Gasteiger partial charge in [0, 0.05) is 19.8 Å². The summed E-state index contributed by atoms with van der Waals surface area (Å²) in [5.41, 5.74) is 0. The van der Waals surface area contributed by atoms with Crippen LogP contribution in [0, 0.1) is 0 Å². The molecule has 0 amide bonds. The molecule has 0 rings (SSSR count). The van der Waals surface area contributed by atoms with Crippen molar-refractivity contribution in [2.24, 2.45) is 0 Å². The topological polar surface area (TPSA) is 180 Å². The Kier molecular flexibility index (Phi) is 72.7. The molecule has 9 nitrogen and oxygen atoms in total. The molecule has 0 atom stereocenters. The van der Waals surface area contributed by atoms with E-state index >= 15 is 0 Å². The first kappa shape index (κ1) is 37.4. The molecule has 8 N–H and O–H groups in total. The molecular formula is C12H33NO8S. The van der Waals surface area contributed by atoms with Crippen LogP contribution < -0.4 is 6.15 Å². The molecule has 0 aromatic heterocycles. The number of aliphatic hydroxyl groups excluding tert-OH is 3. The highest BCUT2D eigenvalue weighted by Gasteiger charge is 1.84. The van der Waals surface area contributed by atoms with Crippen LogP contribution >= 0.6 is 0 Å². The molecule has 0 fully saturated rings. The van der Waals surface area contributed by atoms with Crippen LogP contribution in [0.1, 0.15) is 20.8 Å². The van der Waals surface area contributed by atoms with Crippen molar-refractivity contribution in [3.8, 4) is 0 Å². The van der Waals surface area contributed by atoms with E-state index in [1.165, 1.54) is 0 Å². The smallest absolute Gasteiger partial charge is 0.394 e. The maximum Gasteiger partial charge on any atom is 0.394 e. The normalized spacial score (nSPS) is 7.64. The fourth-order valence-electron chi connectivity index (χ4n) is 0.235. The SMILES string of the molecule is C=CCOCC=C.CCO.CCO.CCO.N.O=S(=O)(O)O. The standard InChI is InChI=1S/C6H10O.3C2H6O.H3N.H2O4S/c1-3-5-7-6-4-2;3*1-2-3;;1-5(2,3)4/h3-4H,1-2,5-6H2;3*3H,2H2,1H3;1H3;(H2,1,2,3,4). The molecule has 0 saturated heterocycles. The van der Waals surface area contributed by atoms with Gasteiger partial charge in [-0.1, -0.05) is 12.2 Å². The van der Waals surface area contributed by atoms with E-state index in [9.17, 15) is 0 Å². The average molecular weight is 351 g/mol. The van der Waals surface area contributed by atoms with Crippen LogP contribution in [0.4, 0.5) is 0 Å². The summed E-state index contributed by atoms with van der Waals surface area (Å²) in [6.45, 7) is 14.0. The van der Waals surface area contributed by atoms with Gasteiger partial charge in [-0.15, -0.1) is 13.2 Å². The van der Waals surface area contributed by atoms with Crippen molar-refractivity contribution in [3.05, 3.63) is 25.3 Å². The van der Waals surface area contributed by atoms with Crippen molar-refractivity contribution in [1.82, 2.24) is 6.15 Å². The summed E-state index contributed by atoms with van der Waals surface area (Å²) < 4.78 is 36.5. The van der Waals surface area contributed by atoms with Crippen molar-refractivity contribution in [3.63, 3.8) is 0 Å². The number of rotatable bonds is 4. The van der Waals surface area contributed by atoms with E-state index in [0.29, 0.717) is 13.2 Å². The van der Waals surface area contributed by atoms with Gasteiger partial charge in [0.15, 0.2) is 0 Å². The van der Waals surface area contributed by atoms with Crippen molar-refractivity contribution < 1.29 is 37.6 Å². The Morgan fingerprint density at radius 2 is 1.00 bits per heavy atom. The number of aliphatic hydroxyl groups is 3. The van der Waals surface area contributed by atoms with Gasteiger partial charge in [0.05, 0.1) is 13.2 Å².